The Hall–Kier alpha value is -3.58. The van der Waals surface area contributed by atoms with Crippen LogP contribution < -0.4 is 14.2 Å². The van der Waals surface area contributed by atoms with Crippen LogP contribution in [0.1, 0.15) is 13.3 Å². The first-order chi connectivity index (χ1) is 19.7. The molecule has 0 unspecified atom stereocenters. The molecule has 0 bridgehead atoms. The largest absolute Gasteiger partial charge is 0.497 e. The number of imidazole rings is 1. The summed E-state index contributed by atoms with van der Waals surface area (Å²) in [5, 5.41) is 11.8. The van der Waals surface area contributed by atoms with E-state index in [0.29, 0.717) is 12.3 Å². The van der Waals surface area contributed by atoms with E-state index in [1.165, 1.54) is 23.9 Å². The minimum absolute atomic E-state index is 0.0815. The average Bonchev–Trinajstić information content (AvgIpc) is 3.33. The fraction of sp³-hybridized carbons (Fsp3) is 0.250. The van der Waals surface area contributed by atoms with Gasteiger partial charge in [-0.25, -0.2) is 18.1 Å². The molecule has 1 aromatic heterocycles. The first-order valence-electron chi connectivity index (χ1n) is 12.6. The number of nitrogens with zero attached hydrogens (tertiary/aromatic N) is 3. The summed E-state index contributed by atoms with van der Waals surface area (Å²) in [4.78, 5) is 15.2. The molecule has 0 radical (unpaired) electrons. The van der Waals surface area contributed by atoms with Crippen LogP contribution in [0.5, 0.6) is 11.5 Å². The number of thioether (sulfide) groups is 1. The van der Waals surface area contributed by atoms with Gasteiger partial charge in [-0.2, -0.15) is 0 Å². The van der Waals surface area contributed by atoms with Crippen LogP contribution in [0.3, 0.4) is 0 Å². The molecule has 0 aliphatic heterocycles. The lowest BCUT2D eigenvalue weighted by Crippen LogP contribution is -2.26. The van der Waals surface area contributed by atoms with Crippen LogP contribution in [0, 0.1) is 10.1 Å². The molecule has 1 heterocycles. The Bertz CT molecular complexity index is 1620. The summed E-state index contributed by atoms with van der Waals surface area (Å²) >= 11 is 7.25. The summed E-state index contributed by atoms with van der Waals surface area (Å²) in [6, 6.07) is 18.9. The zero-order valence-corrected chi connectivity index (χ0v) is 25.1. The van der Waals surface area contributed by atoms with E-state index in [1.807, 2.05) is 48.5 Å². The van der Waals surface area contributed by atoms with Crippen LogP contribution in [0.25, 0.3) is 22.5 Å². The van der Waals surface area contributed by atoms with E-state index >= 15 is 0 Å². The number of sulfonamides is 1. The molecule has 4 rings (SSSR count). The number of hydrogen-bond donors (Lipinski definition) is 1. The van der Waals surface area contributed by atoms with Crippen LogP contribution in [-0.2, 0) is 16.6 Å². The molecule has 3 aromatic carbocycles. The fourth-order valence-electron chi connectivity index (χ4n) is 4.17. The van der Waals surface area contributed by atoms with Crippen molar-refractivity contribution in [3.63, 3.8) is 0 Å². The van der Waals surface area contributed by atoms with Crippen molar-refractivity contribution >= 4 is 39.1 Å². The van der Waals surface area contributed by atoms with E-state index in [4.69, 9.17) is 26.1 Å². The molecule has 0 fully saturated rings. The average molecular weight is 617 g/mol. The lowest BCUT2D eigenvalue weighted by Gasteiger charge is -2.13. The Morgan fingerprint density at radius 3 is 2.17 bits per heavy atom. The highest BCUT2D eigenvalue weighted by atomic mass is 35.5. The van der Waals surface area contributed by atoms with Gasteiger partial charge in [0.25, 0.3) is 5.69 Å². The second-order valence-electron chi connectivity index (χ2n) is 8.82. The number of nitrogens with one attached hydrogen (secondary N) is 1. The molecule has 10 nitrogen and oxygen atoms in total. The Morgan fingerprint density at radius 2 is 1.61 bits per heavy atom. The van der Waals surface area contributed by atoms with Gasteiger partial charge in [0, 0.05) is 36.0 Å². The zero-order valence-electron chi connectivity index (χ0n) is 22.7. The maximum absolute atomic E-state index is 12.8. The van der Waals surface area contributed by atoms with Gasteiger partial charge >= 0.3 is 0 Å². The number of rotatable bonds is 13. The molecule has 0 aliphatic rings. The van der Waals surface area contributed by atoms with Gasteiger partial charge in [0.05, 0.1) is 35.4 Å². The minimum Gasteiger partial charge on any atom is -0.497 e. The fourth-order valence-corrected chi connectivity index (χ4v) is 6.41. The Labute approximate surface area is 247 Å². The van der Waals surface area contributed by atoms with Gasteiger partial charge in [-0.3, -0.25) is 10.1 Å². The molecule has 0 amide bonds. The minimum atomic E-state index is -3.99. The maximum Gasteiger partial charge on any atom is 0.289 e. The molecule has 216 valence electrons. The molecule has 0 saturated heterocycles. The number of methoxy groups -OCH3 is 2. The Morgan fingerprint density at radius 1 is 1.00 bits per heavy atom. The number of aromatic nitrogens is 2. The third-order valence-electron chi connectivity index (χ3n) is 6.16. The normalized spacial score (nSPS) is 11.4. The van der Waals surface area contributed by atoms with Gasteiger partial charge in [-0.15, -0.1) is 0 Å². The van der Waals surface area contributed by atoms with Crippen molar-refractivity contribution in [3.8, 4) is 34.0 Å². The first-order valence-corrected chi connectivity index (χ1v) is 15.5. The van der Waals surface area contributed by atoms with Crippen molar-refractivity contribution < 1.29 is 22.8 Å². The third kappa shape index (κ3) is 7.02. The SMILES string of the molecule is CCCn1c(SCCNS(=O)(=O)c2ccc(Cl)c([N+](=O)[O-])c2)nc(-c2ccc(OC)cc2)c1-c1ccc(OC)cc1. The lowest BCUT2D eigenvalue weighted by atomic mass is 10.0. The van der Waals surface area contributed by atoms with Crippen molar-refractivity contribution in [2.45, 2.75) is 29.9 Å². The monoisotopic (exact) mass is 616 g/mol. The molecule has 0 atom stereocenters. The summed E-state index contributed by atoms with van der Waals surface area (Å²) in [5.74, 6) is 1.86. The number of ether oxygens (including phenoxy) is 2. The summed E-state index contributed by atoms with van der Waals surface area (Å²) in [7, 11) is -0.750. The van der Waals surface area contributed by atoms with E-state index in [2.05, 4.69) is 16.2 Å². The number of nitro groups is 1. The predicted molar refractivity (Wildman–Crippen MR) is 161 cm³/mol. The van der Waals surface area contributed by atoms with Gasteiger partial charge in [-0.05, 0) is 67.1 Å². The van der Waals surface area contributed by atoms with Crippen LogP contribution in [0.2, 0.25) is 5.02 Å². The van der Waals surface area contributed by atoms with E-state index in [0.717, 1.165) is 51.7 Å². The van der Waals surface area contributed by atoms with Gasteiger partial charge in [-0.1, -0.05) is 30.3 Å². The highest BCUT2D eigenvalue weighted by molar-refractivity contribution is 7.99. The Balaban J connectivity index is 1.61. The van der Waals surface area contributed by atoms with Crippen molar-refractivity contribution in [2.75, 3.05) is 26.5 Å². The number of nitro benzene ring substituents is 1. The summed E-state index contributed by atoms with van der Waals surface area (Å²) < 4.78 is 40.9. The molecular weight excluding hydrogens is 588 g/mol. The van der Waals surface area contributed by atoms with Crippen LogP contribution in [0.15, 0.2) is 76.8 Å². The van der Waals surface area contributed by atoms with Crippen molar-refractivity contribution in [1.29, 1.82) is 0 Å². The summed E-state index contributed by atoms with van der Waals surface area (Å²) in [5.41, 5.74) is 3.15. The second kappa shape index (κ2) is 13.4. The summed E-state index contributed by atoms with van der Waals surface area (Å²) in [6.07, 6.45) is 0.858. The molecular formula is C28H29ClN4O6S2. The standard InChI is InChI=1S/C28H29ClN4O6S2/c1-4-16-32-27(20-7-11-22(39-3)12-8-20)26(19-5-9-21(38-2)10-6-19)31-28(32)40-17-15-30-41(36,37)23-13-14-24(29)25(18-23)33(34)35/h5-14,18,30H,4,15-17H2,1-3H3. The van der Waals surface area contributed by atoms with Crippen molar-refractivity contribution in [1.82, 2.24) is 14.3 Å². The molecule has 1 N–H and O–H groups in total. The molecule has 0 saturated carbocycles. The van der Waals surface area contributed by atoms with Gasteiger partial charge < -0.3 is 14.0 Å². The molecule has 0 spiro atoms. The Kier molecular flexibility index (Phi) is 9.92. The maximum atomic E-state index is 12.8. The van der Waals surface area contributed by atoms with Gasteiger partial charge in [0.2, 0.25) is 10.0 Å². The van der Waals surface area contributed by atoms with Crippen LogP contribution in [0.4, 0.5) is 5.69 Å². The zero-order chi connectivity index (χ0) is 29.6. The van der Waals surface area contributed by atoms with E-state index in [1.54, 1.807) is 14.2 Å². The van der Waals surface area contributed by atoms with Crippen LogP contribution in [-0.4, -0.2) is 49.4 Å². The first kappa shape index (κ1) is 30.4. The third-order valence-corrected chi connectivity index (χ3v) is 8.91. The predicted octanol–water partition coefficient (Wildman–Crippen LogP) is 6.28. The number of hydrogen-bond acceptors (Lipinski definition) is 8. The highest BCUT2D eigenvalue weighted by Gasteiger charge is 2.22. The quantitative estimate of drug-likeness (QED) is 0.0805. The van der Waals surface area contributed by atoms with Crippen LogP contribution >= 0.6 is 23.4 Å². The molecule has 0 aliphatic carbocycles. The number of benzene rings is 3. The lowest BCUT2D eigenvalue weighted by molar-refractivity contribution is -0.384. The van der Waals surface area contributed by atoms with Crippen molar-refractivity contribution in [3.05, 3.63) is 81.9 Å². The molecule has 41 heavy (non-hydrogen) atoms. The number of halogens is 1. The van der Waals surface area contributed by atoms with Gasteiger partial charge in [0.1, 0.15) is 16.5 Å². The molecule has 13 heteroatoms. The van der Waals surface area contributed by atoms with E-state index in [-0.39, 0.29) is 16.5 Å². The highest BCUT2D eigenvalue weighted by Crippen LogP contribution is 2.37. The summed E-state index contributed by atoms with van der Waals surface area (Å²) in [6.45, 7) is 2.86. The second-order valence-corrected chi connectivity index (χ2v) is 12.1. The topological polar surface area (TPSA) is 126 Å². The van der Waals surface area contributed by atoms with Gasteiger partial charge in [0.15, 0.2) is 5.16 Å². The van der Waals surface area contributed by atoms with E-state index in [9.17, 15) is 18.5 Å². The van der Waals surface area contributed by atoms with E-state index < -0.39 is 20.6 Å². The smallest absolute Gasteiger partial charge is 0.289 e. The van der Waals surface area contributed by atoms with Crippen molar-refractivity contribution in [2.24, 2.45) is 0 Å². The molecule has 4 aromatic rings.